The minimum absolute atomic E-state index is 0.0531. The molecule has 0 aliphatic heterocycles. The molecule has 1 aromatic carbocycles. The largest absolute Gasteiger partial charge is 0.394 e. The molecule has 0 aliphatic carbocycles. The molecule has 1 aromatic rings. The van der Waals surface area contributed by atoms with E-state index in [-0.39, 0.29) is 6.61 Å². The van der Waals surface area contributed by atoms with Gasteiger partial charge < -0.3 is 15.6 Å². The lowest BCUT2D eigenvalue weighted by atomic mass is 9.93. The number of hydrogen-bond acceptors (Lipinski definition) is 3. The number of aliphatic hydroxyl groups is 1. The molecular formula is C16H27NO2. The molecule has 19 heavy (non-hydrogen) atoms. The van der Waals surface area contributed by atoms with Crippen molar-refractivity contribution in [3.8, 4) is 0 Å². The summed E-state index contributed by atoms with van der Waals surface area (Å²) in [4.78, 5) is 0. The van der Waals surface area contributed by atoms with Gasteiger partial charge in [0.2, 0.25) is 0 Å². The van der Waals surface area contributed by atoms with Crippen LogP contribution in [-0.2, 0) is 11.2 Å². The second-order valence-corrected chi connectivity index (χ2v) is 5.18. The Labute approximate surface area is 116 Å². The van der Waals surface area contributed by atoms with Crippen molar-refractivity contribution in [2.75, 3.05) is 19.8 Å². The maximum absolute atomic E-state index is 9.19. The van der Waals surface area contributed by atoms with Gasteiger partial charge in [-0.2, -0.15) is 0 Å². The minimum atomic E-state index is -0.423. The van der Waals surface area contributed by atoms with E-state index in [0.29, 0.717) is 0 Å². The van der Waals surface area contributed by atoms with Crippen LogP contribution >= 0.6 is 0 Å². The van der Waals surface area contributed by atoms with Gasteiger partial charge in [-0.1, -0.05) is 37.3 Å². The quantitative estimate of drug-likeness (QED) is 0.639. The van der Waals surface area contributed by atoms with Crippen LogP contribution in [-0.4, -0.2) is 30.5 Å². The van der Waals surface area contributed by atoms with Gasteiger partial charge in [-0.3, -0.25) is 0 Å². The Morgan fingerprint density at radius 3 is 2.47 bits per heavy atom. The first-order valence-electron chi connectivity index (χ1n) is 7.21. The molecule has 1 atom stereocenters. The summed E-state index contributed by atoms with van der Waals surface area (Å²) in [6.45, 7) is 3.58. The molecule has 3 heteroatoms. The van der Waals surface area contributed by atoms with Crippen molar-refractivity contribution in [2.24, 2.45) is 5.73 Å². The van der Waals surface area contributed by atoms with E-state index in [1.807, 2.05) is 13.0 Å². The van der Waals surface area contributed by atoms with Gasteiger partial charge in [-0.05, 0) is 37.7 Å². The van der Waals surface area contributed by atoms with Crippen molar-refractivity contribution in [2.45, 2.75) is 44.6 Å². The van der Waals surface area contributed by atoms with Gasteiger partial charge in [0.25, 0.3) is 0 Å². The average molecular weight is 265 g/mol. The summed E-state index contributed by atoms with van der Waals surface area (Å²) < 4.78 is 5.60. The molecule has 1 unspecified atom stereocenters. The van der Waals surface area contributed by atoms with E-state index in [1.165, 1.54) is 5.56 Å². The Kier molecular flexibility index (Phi) is 7.72. The first-order valence-corrected chi connectivity index (χ1v) is 7.21. The molecule has 0 spiro atoms. The third-order valence-electron chi connectivity index (χ3n) is 3.58. The number of aliphatic hydroxyl groups excluding tert-OH is 1. The van der Waals surface area contributed by atoms with E-state index in [4.69, 9.17) is 10.5 Å². The predicted molar refractivity (Wildman–Crippen MR) is 79.1 cm³/mol. The normalized spacial score (nSPS) is 14.3. The second-order valence-electron chi connectivity index (χ2n) is 5.18. The molecule has 0 bridgehead atoms. The highest BCUT2D eigenvalue weighted by molar-refractivity contribution is 5.14. The Hall–Kier alpha value is -0.900. The SMILES string of the molecule is CCC(N)(CO)CCCOCCCc1ccccc1. The summed E-state index contributed by atoms with van der Waals surface area (Å²) in [6, 6.07) is 10.5. The maximum Gasteiger partial charge on any atom is 0.0611 e. The van der Waals surface area contributed by atoms with Crippen LogP contribution in [0.4, 0.5) is 0 Å². The van der Waals surface area contributed by atoms with Gasteiger partial charge in [0.1, 0.15) is 0 Å². The van der Waals surface area contributed by atoms with Crippen LogP contribution in [0.1, 0.15) is 38.2 Å². The minimum Gasteiger partial charge on any atom is -0.394 e. The smallest absolute Gasteiger partial charge is 0.0611 e. The van der Waals surface area contributed by atoms with E-state index in [1.54, 1.807) is 0 Å². The van der Waals surface area contributed by atoms with Gasteiger partial charge in [0, 0.05) is 18.8 Å². The van der Waals surface area contributed by atoms with Crippen molar-refractivity contribution in [3.05, 3.63) is 35.9 Å². The van der Waals surface area contributed by atoms with Crippen LogP contribution in [0.25, 0.3) is 0 Å². The van der Waals surface area contributed by atoms with E-state index in [9.17, 15) is 5.11 Å². The van der Waals surface area contributed by atoms with Crippen molar-refractivity contribution in [3.63, 3.8) is 0 Å². The lowest BCUT2D eigenvalue weighted by molar-refractivity contribution is 0.113. The zero-order valence-electron chi connectivity index (χ0n) is 12.0. The van der Waals surface area contributed by atoms with E-state index in [0.717, 1.165) is 45.3 Å². The first-order chi connectivity index (χ1) is 9.20. The fourth-order valence-electron chi connectivity index (χ4n) is 2.02. The first kappa shape index (κ1) is 16.2. The number of hydrogen-bond donors (Lipinski definition) is 2. The van der Waals surface area contributed by atoms with Crippen LogP contribution in [0, 0.1) is 0 Å². The summed E-state index contributed by atoms with van der Waals surface area (Å²) in [7, 11) is 0. The van der Waals surface area contributed by atoms with Crippen LogP contribution in [0.2, 0.25) is 0 Å². The zero-order chi connectivity index (χ0) is 14.0. The highest BCUT2D eigenvalue weighted by Gasteiger charge is 2.20. The lowest BCUT2D eigenvalue weighted by Gasteiger charge is -2.25. The molecule has 0 heterocycles. The number of rotatable bonds is 10. The van der Waals surface area contributed by atoms with Crippen LogP contribution in [0.15, 0.2) is 30.3 Å². The molecule has 1 rings (SSSR count). The Morgan fingerprint density at radius 2 is 1.84 bits per heavy atom. The van der Waals surface area contributed by atoms with Crippen molar-refractivity contribution in [1.82, 2.24) is 0 Å². The molecule has 0 aromatic heterocycles. The third kappa shape index (κ3) is 6.71. The molecular weight excluding hydrogens is 238 g/mol. The summed E-state index contributed by atoms with van der Waals surface area (Å²) in [5, 5.41) is 9.19. The Morgan fingerprint density at radius 1 is 1.16 bits per heavy atom. The number of aryl methyl sites for hydroxylation is 1. The van der Waals surface area contributed by atoms with E-state index < -0.39 is 5.54 Å². The summed E-state index contributed by atoms with van der Waals surface area (Å²) in [6.07, 6.45) is 4.64. The molecule has 108 valence electrons. The van der Waals surface area contributed by atoms with Crippen molar-refractivity contribution in [1.29, 1.82) is 0 Å². The lowest BCUT2D eigenvalue weighted by Crippen LogP contribution is -2.43. The van der Waals surface area contributed by atoms with Crippen LogP contribution in [0.5, 0.6) is 0 Å². The molecule has 3 N–H and O–H groups in total. The van der Waals surface area contributed by atoms with Crippen LogP contribution < -0.4 is 5.73 Å². The molecule has 0 saturated heterocycles. The van der Waals surface area contributed by atoms with Gasteiger partial charge >= 0.3 is 0 Å². The molecule has 0 radical (unpaired) electrons. The number of benzene rings is 1. The van der Waals surface area contributed by atoms with Gasteiger partial charge in [0.05, 0.1) is 6.61 Å². The Balaban J connectivity index is 2.00. The number of ether oxygens (including phenoxy) is 1. The highest BCUT2D eigenvalue weighted by atomic mass is 16.5. The van der Waals surface area contributed by atoms with E-state index >= 15 is 0 Å². The maximum atomic E-state index is 9.19. The van der Waals surface area contributed by atoms with Crippen LogP contribution in [0.3, 0.4) is 0 Å². The third-order valence-corrected chi connectivity index (χ3v) is 3.58. The summed E-state index contributed by atoms with van der Waals surface area (Å²) >= 11 is 0. The van der Waals surface area contributed by atoms with Crippen molar-refractivity contribution >= 4 is 0 Å². The topological polar surface area (TPSA) is 55.5 Å². The van der Waals surface area contributed by atoms with Crippen molar-refractivity contribution < 1.29 is 9.84 Å². The monoisotopic (exact) mass is 265 g/mol. The fraction of sp³-hybridized carbons (Fsp3) is 0.625. The average Bonchev–Trinajstić information content (AvgIpc) is 2.47. The van der Waals surface area contributed by atoms with Gasteiger partial charge in [-0.15, -0.1) is 0 Å². The zero-order valence-corrected chi connectivity index (χ0v) is 12.0. The Bertz CT molecular complexity index is 323. The van der Waals surface area contributed by atoms with Gasteiger partial charge in [-0.25, -0.2) is 0 Å². The standard InChI is InChI=1S/C16H27NO2/c1-2-16(17,14-18)11-7-13-19-12-6-10-15-8-4-3-5-9-15/h3-5,8-9,18H,2,6-7,10-14,17H2,1H3. The number of nitrogens with two attached hydrogens (primary N) is 1. The molecule has 0 fully saturated rings. The molecule has 0 amide bonds. The molecule has 0 saturated carbocycles. The second kappa shape index (κ2) is 9.08. The molecule has 0 aliphatic rings. The predicted octanol–water partition coefficient (Wildman–Crippen LogP) is 2.52. The van der Waals surface area contributed by atoms with E-state index in [2.05, 4.69) is 24.3 Å². The highest BCUT2D eigenvalue weighted by Crippen LogP contribution is 2.13. The summed E-state index contributed by atoms with van der Waals surface area (Å²) in [5.41, 5.74) is 6.94. The summed E-state index contributed by atoms with van der Waals surface area (Å²) in [5.74, 6) is 0. The molecule has 3 nitrogen and oxygen atoms in total. The van der Waals surface area contributed by atoms with Gasteiger partial charge in [0.15, 0.2) is 0 Å². The fourth-order valence-corrected chi connectivity index (χ4v) is 2.02.